The number of carbonyl (C=O) groups is 1. The minimum atomic E-state index is -0.0681. The molecule has 5 nitrogen and oxygen atoms in total. The normalized spacial score (nSPS) is 14.0. The fourth-order valence-electron chi connectivity index (χ4n) is 3.30. The molecule has 0 bridgehead atoms. The predicted molar refractivity (Wildman–Crippen MR) is 108 cm³/mol. The number of likely N-dealkylation sites (tertiary alicyclic amines) is 1. The van der Waals surface area contributed by atoms with E-state index in [1.54, 1.807) is 6.20 Å². The van der Waals surface area contributed by atoms with E-state index in [4.69, 9.17) is 4.74 Å². The van der Waals surface area contributed by atoms with E-state index in [2.05, 4.69) is 9.97 Å². The number of piperidine rings is 1. The molecule has 1 saturated heterocycles. The van der Waals surface area contributed by atoms with Gasteiger partial charge in [-0.1, -0.05) is 48.0 Å². The maximum Gasteiger partial charge on any atom is 0.260 e. The number of carbonyl (C=O) groups excluding carboxylic acids is 1. The summed E-state index contributed by atoms with van der Waals surface area (Å²) in [4.78, 5) is 24.0. The average Bonchev–Trinajstić information content (AvgIpc) is 2.76. The van der Waals surface area contributed by atoms with Gasteiger partial charge < -0.3 is 9.64 Å². The first kappa shape index (κ1) is 18.2. The number of hydrogen-bond donors (Lipinski definition) is 0. The molecule has 1 fully saturated rings. The smallest absolute Gasteiger partial charge is 0.260 e. The molecule has 1 amide bonds. The molecule has 28 heavy (non-hydrogen) atoms. The fraction of sp³-hybridized carbons (Fsp3) is 0.261. The molecule has 1 aliphatic rings. The van der Waals surface area contributed by atoms with Gasteiger partial charge in [0.25, 0.3) is 5.91 Å². The van der Waals surface area contributed by atoms with Crippen LogP contribution in [-0.2, 0) is 0 Å². The number of nitrogens with zero attached hydrogens (tertiary/aromatic N) is 3. The molecular formula is C23H23N3O2. The Morgan fingerprint density at radius 1 is 0.964 bits per heavy atom. The molecule has 142 valence electrons. The number of hydrogen-bond acceptors (Lipinski definition) is 4. The third-order valence-corrected chi connectivity index (χ3v) is 4.89. The predicted octanol–water partition coefficient (Wildman–Crippen LogP) is 4.87. The van der Waals surface area contributed by atoms with Gasteiger partial charge in [0.05, 0.1) is 0 Å². The van der Waals surface area contributed by atoms with E-state index in [-0.39, 0.29) is 5.91 Å². The zero-order chi connectivity index (χ0) is 19.3. The van der Waals surface area contributed by atoms with Crippen molar-refractivity contribution in [2.45, 2.75) is 26.2 Å². The first-order valence-electron chi connectivity index (χ1n) is 9.67. The fourth-order valence-corrected chi connectivity index (χ4v) is 3.30. The number of benzene rings is 2. The number of aryl methyl sites for hydroxylation is 1. The molecule has 0 aliphatic carbocycles. The van der Waals surface area contributed by atoms with E-state index in [9.17, 15) is 4.79 Å². The third-order valence-electron chi connectivity index (χ3n) is 4.89. The maximum absolute atomic E-state index is 13.1. The molecule has 1 aliphatic heterocycles. The first-order chi connectivity index (χ1) is 13.7. The van der Waals surface area contributed by atoms with Gasteiger partial charge in [0.15, 0.2) is 5.82 Å². The van der Waals surface area contributed by atoms with Crippen molar-refractivity contribution < 1.29 is 9.53 Å². The Labute approximate surface area is 165 Å². The van der Waals surface area contributed by atoms with Crippen LogP contribution in [0.2, 0.25) is 0 Å². The monoisotopic (exact) mass is 373 g/mol. The Morgan fingerprint density at radius 2 is 1.68 bits per heavy atom. The van der Waals surface area contributed by atoms with E-state index in [0.717, 1.165) is 37.1 Å². The Kier molecular flexibility index (Phi) is 5.33. The van der Waals surface area contributed by atoms with Crippen LogP contribution in [0.3, 0.4) is 0 Å². The summed E-state index contributed by atoms with van der Waals surface area (Å²) in [5, 5.41) is 0. The second kappa shape index (κ2) is 8.21. The largest absolute Gasteiger partial charge is 0.438 e. The van der Waals surface area contributed by atoms with Crippen molar-refractivity contribution in [3.05, 3.63) is 71.9 Å². The lowest BCUT2D eigenvalue weighted by Gasteiger charge is -2.27. The lowest BCUT2D eigenvalue weighted by atomic mass is 10.1. The highest BCUT2D eigenvalue weighted by Crippen LogP contribution is 2.28. The lowest BCUT2D eigenvalue weighted by Crippen LogP contribution is -2.36. The standard InChI is InChI=1S/C23H23N3O2/c1-17-10-12-19(13-11-17)28-22-20(23(27)26-14-6-3-7-15-26)16-24-21(25-22)18-8-4-2-5-9-18/h2,4-5,8-13,16H,3,6-7,14-15H2,1H3. The second-order valence-corrected chi connectivity index (χ2v) is 7.05. The third kappa shape index (κ3) is 4.03. The van der Waals surface area contributed by atoms with Crippen LogP contribution in [0.5, 0.6) is 11.6 Å². The molecule has 2 heterocycles. The minimum absolute atomic E-state index is 0.0681. The van der Waals surface area contributed by atoms with Gasteiger partial charge in [0, 0.05) is 24.8 Å². The zero-order valence-electron chi connectivity index (χ0n) is 16.0. The van der Waals surface area contributed by atoms with Gasteiger partial charge in [0.1, 0.15) is 11.3 Å². The molecule has 0 radical (unpaired) electrons. The first-order valence-corrected chi connectivity index (χ1v) is 9.67. The highest BCUT2D eigenvalue weighted by molar-refractivity contribution is 5.96. The van der Waals surface area contributed by atoms with Crippen molar-refractivity contribution in [3.63, 3.8) is 0 Å². The van der Waals surface area contributed by atoms with Crippen LogP contribution < -0.4 is 4.74 Å². The summed E-state index contributed by atoms with van der Waals surface area (Å²) in [6.07, 6.45) is 4.82. The van der Waals surface area contributed by atoms with Gasteiger partial charge in [-0.2, -0.15) is 4.98 Å². The van der Waals surface area contributed by atoms with E-state index in [0.29, 0.717) is 23.0 Å². The van der Waals surface area contributed by atoms with E-state index in [1.165, 1.54) is 6.42 Å². The summed E-state index contributed by atoms with van der Waals surface area (Å²) in [5.74, 6) is 1.42. The van der Waals surface area contributed by atoms with E-state index >= 15 is 0 Å². The zero-order valence-corrected chi connectivity index (χ0v) is 16.0. The molecule has 0 unspecified atom stereocenters. The molecular weight excluding hydrogens is 350 g/mol. The van der Waals surface area contributed by atoms with Crippen LogP contribution >= 0.6 is 0 Å². The summed E-state index contributed by atoms with van der Waals surface area (Å²) in [6.45, 7) is 3.56. The molecule has 0 spiro atoms. The molecule has 4 rings (SSSR count). The number of amides is 1. The average molecular weight is 373 g/mol. The highest BCUT2D eigenvalue weighted by atomic mass is 16.5. The van der Waals surface area contributed by atoms with Crippen LogP contribution in [-0.4, -0.2) is 33.9 Å². The van der Waals surface area contributed by atoms with Crippen LogP contribution in [0, 0.1) is 6.92 Å². The van der Waals surface area contributed by atoms with Gasteiger partial charge in [-0.15, -0.1) is 0 Å². The van der Waals surface area contributed by atoms with Crippen molar-refractivity contribution in [1.82, 2.24) is 14.9 Å². The van der Waals surface area contributed by atoms with Crippen LogP contribution in [0.1, 0.15) is 35.2 Å². The molecule has 3 aromatic rings. The van der Waals surface area contributed by atoms with E-state index < -0.39 is 0 Å². The summed E-state index contributed by atoms with van der Waals surface area (Å²) >= 11 is 0. The van der Waals surface area contributed by atoms with E-state index in [1.807, 2.05) is 66.4 Å². The van der Waals surface area contributed by atoms with Crippen molar-refractivity contribution in [3.8, 4) is 23.0 Å². The molecule has 0 saturated carbocycles. The number of aromatic nitrogens is 2. The van der Waals surface area contributed by atoms with Crippen LogP contribution in [0.15, 0.2) is 60.8 Å². The van der Waals surface area contributed by atoms with Crippen molar-refractivity contribution >= 4 is 5.91 Å². The van der Waals surface area contributed by atoms with Crippen molar-refractivity contribution in [2.75, 3.05) is 13.1 Å². The Bertz CT molecular complexity index is 949. The maximum atomic E-state index is 13.1. The number of rotatable bonds is 4. The quantitative estimate of drug-likeness (QED) is 0.655. The number of ether oxygens (including phenoxy) is 1. The van der Waals surface area contributed by atoms with Gasteiger partial charge in [-0.3, -0.25) is 4.79 Å². The summed E-state index contributed by atoms with van der Waals surface area (Å²) in [5.41, 5.74) is 2.43. The molecule has 0 atom stereocenters. The highest BCUT2D eigenvalue weighted by Gasteiger charge is 2.24. The summed E-state index contributed by atoms with van der Waals surface area (Å²) < 4.78 is 6.04. The summed E-state index contributed by atoms with van der Waals surface area (Å²) in [6, 6.07) is 17.4. The Morgan fingerprint density at radius 3 is 2.39 bits per heavy atom. The van der Waals surface area contributed by atoms with Gasteiger partial charge in [-0.25, -0.2) is 4.98 Å². The Balaban J connectivity index is 1.71. The van der Waals surface area contributed by atoms with Gasteiger partial charge in [0.2, 0.25) is 5.88 Å². The summed E-state index contributed by atoms with van der Waals surface area (Å²) in [7, 11) is 0. The molecule has 0 N–H and O–H groups in total. The second-order valence-electron chi connectivity index (χ2n) is 7.05. The lowest BCUT2D eigenvalue weighted by molar-refractivity contribution is 0.0720. The molecule has 2 aromatic carbocycles. The van der Waals surface area contributed by atoms with Crippen LogP contribution in [0.25, 0.3) is 11.4 Å². The van der Waals surface area contributed by atoms with Gasteiger partial charge in [-0.05, 0) is 38.3 Å². The van der Waals surface area contributed by atoms with Crippen molar-refractivity contribution in [1.29, 1.82) is 0 Å². The Hall–Kier alpha value is -3.21. The van der Waals surface area contributed by atoms with Gasteiger partial charge >= 0.3 is 0 Å². The SMILES string of the molecule is Cc1ccc(Oc2nc(-c3ccccc3)ncc2C(=O)N2CCCCC2)cc1. The molecule has 5 heteroatoms. The van der Waals surface area contributed by atoms with Crippen molar-refractivity contribution in [2.24, 2.45) is 0 Å². The molecule has 1 aromatic heterocycles. The minimum Gasteiger partial charge on any atom is -0.438 e. The topological polar surface area (TPSA) is 55.3 Å². The van der Waals surface area contributed by atoms with Crippen LogP contribution in [0.4, 0.5) is 0 Å².